The van der Waals surface area contributed by atoms with Gasteiger partial charge >= 0.3 is 6.01 Å². The van der Waals surface area contributed by atoms with Crippen LogP contribution in [-0.4, -0.2) is 42.2 Å². The van der Waals surface area contributed by atoms with Crippen molar-refractivity contribution in [2.45, 2.75) is 6.61 Å². The van der Waals surface area contributed by atoms with Gasteiger partial charge in [-0.15, -0.1) is 5.10 Å². The number of morpholine rings is 1. The number of oxime groups is 1. The van der Waals surface area contributed by atoms with E-state index in [4.69, 9.17) is 14.0 Å². The first-order valence-corrected chi connectivity index (χ1v) is 8.86. The molecular formula is C20H20N4O3. The van der Waals surface area contributed by atoms with E-state index in [1.54, 1.807) is 0 Å². The van der Waals surface area contributed by atoms with Gasteiger partial charge in [0, 0.05) is 24.2 Å². The fraction of sp³-hybridized carbons (Fsp3) is 0.250. The summed E-state index contributed by atoms with van der Waals surface area (Å²) in [6, 6.07) is 20.3. The third-order valence-corrected chi connectivity index (χ3v) is 4.18. The lowest BCUT2D eigenvalue weighted by atomic mass is 10.0. The maximum atomic E-state index is 5.67. The van der Waals surface area contributed by atoms with Crippen LogP contribution >= 0.6 is 0 Å². The van der Waals surface area contributed by atoms with Gasteiger partial charge in [0.05, 0.1) is 13.2 Å². The Balaban J connectivity index is 1.47. The maximum absolute atomic E-state index is 5.67. The van der Waals surface area contributed by atoms with Gasteiger partial charge in [-0.25, -0.2) is 0 Å². The summed E-state index contributed by atoms with van der Waals surface area (Å²) in [6.07, 6.45) is 0. The van der Waals surface area contributed by atoms with Crippen molar-refractivity contribution in [1.82, 2.24) is 10.2 Å². The van der Waals surface area contributed by atoms with Gasteiger partial charge in [-0.2, -0.15) is 0 Å². The predicted octanol–water partition coefficient (Wildman–Crippen LogP) is 2.88. The van der Waals surface area contributed by atoms with Gasteiger partial charge in [-0.3, -0.25) is 0 Å². The highest BCUT2D eigenvalue weighted by Crippen LogP contribution is 2.15. The van der Waals surface area contributed by atoms with Crippen molar-refractivity contribution in [2.24, 2.45) is 5.16 Å². The lowest BCUT2D eigenvalue weighted by molar-refractivity contribution is 0.108. The Morgan fingerprint density at radius 3 is 2.19 bits per heavy atom. The molecule has 0 unspecified atom stereocenters. The Bertz CT molecular complexity index is 833. The molecule has 4 rings (SSSR count). The smallest absolute Gasteiger partial charge is 0.318 e. The van der Waals surface area contributed by atoms with E-state index >= 15 is 0 Å². The van der Waals surface area contributed by atoms with Crippen LogP contribution in [0.2, 0.25) is 0 Å². The molecule has 0 spiro atoms. The normalized spacial score (nSPS) is 14.0. The second kappa shape index (κ2) is 8.46. The van der Waals surface area contributed by atoms with E-state index in [2.05, 4.69) is 15.4 Å². The molecule has 2 heterocycles. The molecule has 0 saturated carbocycles. The molecule has 1 aliphatic rings. The van der Waals surface area contributed by atoms with Crippen molar-refractivity contribution in [2.75, 3.05) is 31.2 Å². The number of hydrogen-bond acceptors (Lipinski definition) is 7. The quantitative estimate of drug-likeness (QED) is 0.495. The van der Waals surface area contributed by atoms with Gasteiger partial charge in [0.15, 0.2) is 6.61 Å². The zero-order valence-corrected chi connectivity index (χ0v) is 14.8. The van der Waals surface area contributed by atoms with Crippen molar-refractivity contribution < 1.29 is 14.0 Å². The Morgan fingerprint density at radius 1 is 0.926 bits per heavy atom. The van der Waals surface area contributed by atoms with Gasteiger partial charge in [0.1, 0.15) is 5.71 Å². The number of aromatic nitrogens is 2. The molecule has 138 valence electrons. The summed E-state index contributed by atoms with van der Waals surface area (Å²) < 4.78 is 11.0. The van der Waals surface area contributed by atoms with Crippen LogP contribution in [0.15, 0.2) is 70.2 Å². The zero-order valence-electron chi connectivity index (χ0n) is 14.8. The molecule has 7 heteroatoms. The fourth-order valence-corrected chi connectivity index (χ4v) is 2.80. The first-order chi connectivity index (χ1) is 13.4. The molecule has 27 heavy (non-hydrogen) atoms. The number of nitrogens with zero attached hydrogens (tertiary/aromatic N) is 4. The predicted molar refractivity (Wildman–Crippen MR) is 101 cm³/mol. The first-order valence-electron chi connectivity index (χ1n) is 8.86. The SMILES string of the molecule is c1ccc(C(=NOCc2nnc(N3CCOCC3)o2)c2ccccc2)cc1. The highest BCUT2D eigenvalue weighted by molar-refractivity contribution is 6.12. The summed E-state index contributed by atoms with van der Waals surface area (Å²) in [5.74, 6) is 0.390. The van der Waals surface area contributed by atoms with Crippen LogP contribution in [0.5, 0.6) is 0 Å². The van der Waals surface area contributed by atoms with Crippen molar-refractivity contribution in [3.05, 3.63) is 77.7 Å². The van der Waals surface area contributed by atoms with Crippen LogP contribution < -0.4 is 4.90 Å². The Labute approximate surface area is 157 Å². The third kappa shape index (κ3) is 4.32. The summed E-state index contributed by atoms with van der Waals surface area (Å²) in [4.78, 5) is 7.54. The number of ether oxygens (including phenoxy) is 1. The lowest BCUT2D eigenvalue weighted by Crippen LogP contribution is -2.36. The molecule has 0 bridgehead atoms. The summed E-state index contributed by atoms with van der Waals surface area (Å²) in [5, 5.41) is 12.5. The Kier molecular flexibility index (Phi) is 5.40. The van der Waals surface area contributed by atoms with E-state index in [-0.39, 0.29) is 6.61 Å². The molecular weight excluding hydrogens is 344 g/mol. The van der Waals surface area contributed by atoms with E-state index in [1.165, 1.54) is 0 Å². The van der Waals surface area contributed by atoms with Gasteiger partial charge in [-0.05, 0) is 0 Å². The molecule has 0 atom stereocenters. The largest absolute Gasteiger partial charge is 0.404 e. The monoisotopic (exact) mass is 364 g/mol. The molecule has 2 aromatic carbocycles. The second-order valence-electron chi connectivity index (χ2n) is 6.02. The topological polar surface area (TPSA) is 73.0 Å². The second-order valence-corrected chi connectivity index (χ2v) is 6.02. The molecule has 1 saturated heterocycles. The molecule has 7 nitrogen and oxygen atoms in total. The van der Waals surface area contributed by atoms with Gasteiger partial charge < -0.3 is 18.9 Å². The average molecular weight is 364 g/mol. The Hall–Kier alpha value is -3.19. The number of benzene rings is 2. The lowest BCUT2D eigenvalue weighted by Gasteiger charge is -2.24. The van der Waals surface area contributed by atoms with Crippen LogP contribution in [-0.2, 0) is 16.2 Å². The summed E-state index contributed by atoms with van der Waals surface area (Å²) in [6.45, 7) is 2.92. The standard InChI is InChI=1S/C20H20N4O3/c1-3-7-16(8-4-1)19(17-9-5-2-6-10-17)23-26-15-18-21-22-20(27-18)24-11-13-25-14-12-24/h1-10H,11-15H2. The molecule has 0 amide bonds. The van der Waals surface area contributed by atoms with E-state index in [0.29, 0.717) is 25.1 Å². The molecule has 1 fully saturated rings. The van der Waals surface area contributed by atoms with Crippen LogP contribution in [0.1, 0.15) is 17.0 Å². The average Bonchev–Trinajstić information content (AvgIpc) is 3.22. The fourth-order valence-electron chi connectivity index (χ4n) is 2.80. The highest BCUT2D eigenvalue weighted by Gasteiger charge is 2.17. The van der Waals surface area contributed by atoms with Crippen molar-refractivity contribution in [3.63, 3.8) is 0 Å². The van der Waals surface area contributed by atoms with Crippen LogP contribution in [0, 0.1) is 0 Å². The summed E-state index contributed by atoms with van der Waals surface area (Å²) in [7, 11) is 0. The van der Waals surface area contributed by atoms with Crippen molar-refractivity contribution in [1.29, 1.82) is 0 Å². The molecule has 0 radical (unpaired) electrons. The number of rotatable bonds is 6. The van der Waals surface area contributed by atoms with E-state index in [9.17, 15) is 0 Å². The maximum Gasteiger partial charge on any atom is 0.318 e. The number of anilines is 1. The van der Waals surface area contributed by atoms with E-state index < -0.39 is 0 Å². The highest BCUT2D eigenvalue weighted by atomic mass is 16.6. The van der Waals surface area contributed by atoms with E-state index in [0.717, 1.165) is 29.9 Å². The van der Waals surface area contributed by atoms with E-state index in [1.807, 2.05) is 65.6 Å². The Morgan fingerprint density at radius 2 is 1.56 bits per heavy atom. The minimum Gasteiger partial charge on any atom is -0.404 e. The molecule has 1 aromatic heterocycles. The minimum absolute atomic E-state index is 0.112. The van der Waals surface area contributed by atoms with Gasteiger partial charge in [0.25, 0.3) is 5.89 Å². The zero-order chi connectivity index (χ0) is 18.3. The van der Waals surface area contributed by atoms with Crippen molar-refractivity contribution >= 4 is 11.7 Å². The minimum atomic E-state index is 0.112. The van der Waals surface area contributed by atoms with Crippen LogP contribution in [0.3, 0.4) is 0 Å². The van der Waals surface area contributed by atoms with Gasteiger partial charge in [-0.1, -0.05) is 70.9 Å². The summed E-state index contributed by atoms with van der Waals surface area (Å²) in [5.41, 5.74) is 2.70. The summed E-state index contributed by atoms with van der Waals surface area (Å²) >= 11 is 0. The van der Waals surface area contributed by atoms with Crippen LogP contribution in [0.4, 0.5) is 6.01 Å². The number of hydrogen-bond donors (Lipinski definition) is 0. The van der Waals surface area contributed by atoms with Gasteiger partial charge in [0.2, 0.25) is 0 Å². The molecule has 1 aliphatic heterocycles. The molecule has 0 aliphatic carbocycles. The first kappa shape index (κ1) is 17.2. The molecule has 0 N–H and O–H groups in total. The van der Waals surface area contributed by atoms with Crippen molar-refractivity contribution in [3.8, 4) is 0 Å². The van der Waals surface area contributed by atoms with Crippen LogP contribution in [0.25, 0.3) is 0 Å². The molecule has 3 aromatic rings. The third-order valence-electron chi connectivity index (χ3n) is 4.18.